The Balaban J connectivity index is 1.56. The fourth-order valence-corrected chi connectivity index (χ4v) is 3.00. The quantitative estimate of drug-likeness (QED) is 0.750. The van der Waals surface area contributed by atoms with E-state index in [1.54, 1.807) is 24.4 Å². The summed E-state index contributed by atoms with van der Waals surface area (Å²) in [5, 5.41) is 6.76. The van der Waals surface area contributed by atoms with Crippen LogP contribution in [0.25, 0.3) is 11.4 Å². The number of pyridine rings is 1. The highest BCUT2D eigenvalue weighted by molar-refractivity contribution is 5.96. The first-order valence-corrected chi connectivity index (χ1v) is 8.60. The molecule has 8 heteroatoms. The zero-order chi connectivity index (χ0) is 18.6. The van der Waals surface area contributed by atoms with Gasteiger partial charge in [-0.05, 0) is 12.1 Å². The van der Waals surface area contributed by atoms with Crippen molar-refractivity contribution in [3.05, 3.63) is 66.3 Å². The second-order valence-corrected chi connectivity index (χ2v) is 6.10. The standard InChI is InChI=1S/C19H17N5O3/c25-18-15(12-16-22-17(23-27-16)13-6-2-1-3-7-13)24(11-10-21-18)19(26)14-8-4-5-9-20-14/h1-9,15H,10-12H2,(H,21,25). The number of piperazine rings is 1. The van der Waals surface area contributed by atoms with E-state index >= 15 is 0 Å². The van der Waals surface area contributed by atoms with E-state index < -0.39 is 6.04 Å². The molecular formula is C19H17N5O3. The lowest BCUT2D eigenvalue weighted by Crippen LogP contribution is -2.58. The minimum atomic E-state index is -0.725. The third-order valence-electron chi connectivity index (χ3n) is 4.34. The average molecular weight is 363 g/mol. The van der Waals surface area contributed by atoms with Crippen LogP contribution in [0, 0.1) is 0 Å². The highest BCUT2D eigenvalue weighted by atomic mass is 16.5. The smallest absolute Gasteiger partial charge is 0.273 e. The number of hydrogen-bond acceptors (Lipinski definition) is 6. The van der Waals surface area contributed by atoms with Gasteiger partial charge in [0.15, 0.2) is 0 Å². The molecule has 27 heavy (non-hydrogen) atoms. The molecule has 1 fully saturated rings. The lowest BCUT2D eigenvalue weighted by atomic mass is 10.1. The predicted octanol–water partition coefficient (Wildman–Crippen LogP) is 1.31. The minimum Gasteiger partial charge on any atom is -0.353 e. The summed E-state index contributed by atoms with van der Waals surface area (Å²) < 4.78 is 5.31. The van der Waals surface area contributed by atoms with Gasteiger partial charge >= 0.3 is 0 Å². The largest absolute Gasteiger partial charge is 0.353 e. The second-order valence-electron chi connectivity index (χ2n) is 6.10. The van der Waals surface area contributed by atoms with Gasteiger partial charge in [-0.15, -0.1) is 0 Å². The van der Waals surface area contributed by atoms with Gasteiger partial charge in [0, 0.05) is 24.8 Å². The molecule has 1 aliphatic rings. The van der Waals surface area contributed by atoms with Crippen LogP contribution in [-0.4, -0.2) is 51.0 Å². The summed E-state index contributed by atoms with van der Waals surface area (Å²) in [7, 11) is 0. The number of carbonyl (C=O) groups is 2. The number of hydrogen-bond donors (Lipinski definition) is 1. The first kappa shape index (κ1) is 16.9. The Hall–Kier alpha value is -3.55. The molecule has 0 radical (unpaired) electrons. The minimum absolute atomic E-state index is 0.143. The van der Waals surface area contributed by atoms with Crippen LogP contribution in [0.3, 0.4) is 0 Å². The number of aromatic nitrogens is 3. The first-order chi connectivity index (χ1) is 13.2. The van der Waals surface area contributed by atoms with Crippen molar-refractivity contribution in [2.24, 2.45) is 0 Å². The van der Waals surface area contributed by atoms with Crippen LogP contribution >= 0.6 is 0 Å². The third-order valence-corrected chi connectivity index (χ3v) is 4.34. The molecule has 3 heterocycles. The lowest BCUT2D eigenvalue weighted by Gasteiger charge is -2.34. The van der Waals surface area contributed by atoms with Crippen molar-refractivity contribution in [2.75, 3.05) is 13.1 Å². The fourth-order valence-electron chi connectivity index (χ4n) is 3.00. The van der Waals surface area contributed by atoms with E-state index in [1.807, 2.05) is 30.3 Å². The second kappa shape index (κ2) is 7.36. The Labute approximate surface area is 155 Å². The summed E-state index contributed by atoms with van der Waals surface area (Å²) >= 11 is 0. The molecule has 1 N–H and O–H groups in total. The molecule has 1 unspecified atom stereocenters. The number of amides is 2. The Morgan fingerprint density at radius 3 is 2.78 bits per heavy atom. The monoisotopic (exact) mass is 363 g/mol. The van der Waals surface area contributed by atoms with Gasteiger partial charge in [0.1, 0.15) is 11.7 Å². The van der Waals surface area contributed by atoms with Gasteiger partial charge < -0.3 is 14.7 Å². The van der Waals surface area contributed by atoms with Crippen LogP contribution in [-0.2, 0) is 11.2 Å². The van der Waals surface area contributed by atoms with Crippen molar-refractivity contribution in [3.63, 3.8) is 0 Å². The third kappa shape index (κ3) is 3.55. The van der Waals surface area contributed by atoms with Crippen LogP contribution in [0.2, 0.25) is 0 Å². The van der Waals surface area contributed by atoms with E-state index in [4.69, 9.17) is 4.52 Å². The SMILES string of the molecule is O=C1NCCN(C(=O)c2ccccn2)C1Cc1nc(-c2ccccc2)no1. The molecule has 2 aromatic heterocycles. The van der Waals surface area contributed by atoms with Gasteiger partial charge in [-0.25, -0.2) is 0 Å². The zero-order valence-corrected chi connectivity index (χ0v) is 14.4. The average Bonchev–Trinajstić information content (AvgIpc) is 3.19. The maximum Gasteiger partial charge on any atom is 0.273 e. The summed E-state index contributed by atoms with van der Waals surface area (Å²) in [6.07, 6.45) is 1.70. The van der Waals surface area contributed by atoms with E-state index in [2.05, 4.69) is 20.4 Å². The highest BCUT2D eigenvalue weighted by Crippen LogP contribution is 2.18. The Morgan fingerprint density at radius 1 is 1.19 bits per heavy atom. The van der Waals surface area contributed by atoms with Crippen LogP contribution < -0.4 is 5.32 Å². The first-order valence-electron chi connectivity index (χ1n) is 8.60. The zero-order valence-electron chi connectivity index (χ0n) is 14.4. The number of benzene rings is 1. The lowest BCUT2D eigenvalue weighted by molar-refractivity contribution is -0.128. The molecule has 0 aliphatic carbocycles. The van der Waals surface area contributed by atoms with Crippen LogP contribution in [0.5, 0.6) is 0 Å². The molecule has 136 valence electrons. The van der Waals surface area contributed by atoms with Crippen molar-refractivity contribution >= 4 is 11.8 Å². The van der Waals surface area contributed by atoms with Gasteiger partial charge in [-0.3, -0.25) is 14.6 Å². The van der Waals surface area contributed by atoms with E-state index in [0.717, 1.165) is 5.56 Å². The number of rotatable bonds is 4. The molecule has 1 aliphatic heterocycles. The van der Waals surface area contributed by atoms with E-state index in [0.29, 0.717) is 30.5 Å². The van der Waals surface area contributed by atoms with Gasteiger partial charge in [-0.1, -0.05) is 41.6 Å². The van der Waals surface area contributed by atoms with Gasteiger partial charge in [-0.2, -0.15) is 4.98 Å². The maximum atomic E-state index is 12.8. The number of nitrogens with one attached hydrogen (secondary N) is 1. The van der Waals surface area contributed by atoms with Crippen LogP contribution in [0.1, 0.15) is 16.4 Å². The highest BCUT2D eigenvalue weighted by Gasteiger charge is 2.35. The fraction of sp³-hybridized carbons (Fsp3) is 0.211. The topological polar surface area (TPSA) is 101 Å². The molecule has 3 aromatic rings. The summed E-state index contributed by atoms with van der Waals surface area (Å²) in [6, 6.07) is 13.8. The van der Waals surface area contributed by atoms with E-state index in [1.165, 1.54) is 4.90 Å². The van der Waals surface area contributed by atoms with Crippen molar-refractivity contribution < 1.29 is 14.1 Å². The number of carbonyl (C=O) groups excluding carboxylic acids is 2. The Bertz CT molecular complexity index is 942. The molecule has 2 amide bonds. The van der Waals surface area contributed by atoms with Crippen molar-refractivity contribution in [2.45, 2.75) is 12.5 Å². The van der Waals surface area contributed by atoms with Crippen LogP contribution in [0.15, 0.2) is 59.3 Å². The Kier molecular flexibility index (Phi) is 4.61. The molecule has 4 rings (SSSR count). The van der Waals surface area contributed by atoms with Crippen molar-refractivity contribution in [1.82, 2.24) is 25.3 Å². The molecule has 0 saturated carbocycles. The Morgan fingerprint density at radius 2 is 2.00 bits per heavy atom. The van der Waals surface area contributed by atoms with E-state index in [9.17, 15) is 9.59 Å². The summed E-state index contributed by atoms with van der Waals surface area (Å²) in [5.41, 5.74) is 1.12. The molecule has 1 saturated heterocycles. The van der Waals surface area contributed by atoms with Crippen molar-refractivity contribution in [3.8, 4) is 11.4 Å². The van der Waals surface area contributed by atoms with Gasteiger partial charge in [0.2, 0.25) is 17.6 Å². The maximum absolute atomic E-state index is 12.8. The summed E-state index contributed by atoms with van der Waals surface area (Å²) in [4.78, 5) is 35.2. The molecule has 0 bridgehead atoms. The molecule has 8 nitrogen and oxygen atoms in total. The van der Waals surface area contributed by atoms with Gasteiger partial charge in [0.25, 0.3) is 5.91 Å². The molecule has 0 spiro atoms. The molecular weight excluding hydrogens is 346 g/mol. The van der Waals surface area contributed by atoms with Gasteiger partial charge in [0.05, 0.1) is 6.42 Å². The predicted molar refractivity (Wildman–Crippen MR) is 95.5 cm³/mol. The summed E-state index contributed by atoms with van der Waals surface area (Å²) in [5.74, 6) is 0.211. The summed E-state index contributed by atoms with van der Waals surface area (Å²) in [6.45, 7) is 0.790. The normalized spacial score (nSPS) is 16.8. The molecule has 1 aromatic carbocycles. The number of nitrogens with zero attached hydrogens (tertiary/aromatic N) is 4. The molecule has 1 atom stereocenters. The van der Waals surface area contributed by atoms with Crippen molar-refractivity contribution in [1.29, 1.82) is 0 Å². The van der Waals surface area contributed by atoms with Crippen LogP contribution in [0.4, 0.5) is 0 Å². The van der Waals surface area contributed by atoms with E-state index in [-0.39, 0.29) is 18.2 Å².